The van der Waals surface area contributed by atoms with E-state index in [0.29, 0.717) is 25.4 Å². The fourth-order valence-electron chi connectivity index (χ4n) is 6.04. The minimum Gasteiger partial charge on any atom is -0.382 e. The maximum Gasteiger partial charge on any atom is 0.197 e. The van der Waals surface area contributed by atoms with Gasteiger partial charge in [0.2, 0.25) is 0 Å². The number of pyridine rings is 1. The van der Waals surface area contributed by atoms with Crippen molar-refractivity contribution in [3.8, 4) is 0 Å². The third kappa shape index (κ3) is 3.54. The van der Waals surface area contributed by atoms with Gasteiger partial charge in [-0.05, 0) is 29.7 Å². The van der Waals surface area contributed by atoms with Crippen molar-refractivity contribution < 1.29 is 27.2 Å². The number of quaternary nitrogens is 1. The predicted octanol–water partition coefficient (Wildman–Crippen LogP) is 5.44. The van der Waals surface area contributed by atoms with Crippen molar-refractivity contribution in [2.24, 2.45) is 11.8 Å². The molecule has 3 aliphatic rings. The van der Waals surface area contributed by atoms with Crippen molar-refractivity contribution in [3.63, 3.8) is 0 Å². The van der Waals surface area contributed by atoms with Crippen LogP contribution in [0.25, 0.3) is 10.9 Å². The first-order valence-electron chi connectivity index (χ1n) is 11.2. The summed E-state index contributed by atoms with van der Waals surface area (Å²) in [5.74, 6) is -5.92. The second-order valence-corrected chi connectivity index (χ2v) is 9.36. The first-order chi connectivity index (χ1) is 15.8. The van der Waals surface area contributed by atoms with Crippen molar-refractivity contribution in [1.82, 2.24) is 4.98 Å². The predicted molar refractivity (Wildman–Crippen MR) is 117 cm³/mol. The van der Waals surface area contributed by atoms with Crippen LogP contribution in [0.3, 0.4) is 0 Å². The monoisotopic (exact) mass is 457 g/mol. The zero-order chi connectivity index (χ0) is 23.3. The third-order valence-corrected chi connectivity index (χ3v) is 7.70. The lowest BCUT2D eigenvalue weighted by atomic mass is 9.71. The zero-order valence-electron chi connectivity index (χ0n) is 18.0. The van der Waals surface area contributed by atoms with Crippen LogP contribution in [0, 0.1) is 35.1 Å². The first kappa shape index (κ1) is 22.0. The maximum absolute atomic E-state index is 14.7. The van der Waals surface area contributed by atoms with E-state index in [1.807, 2.05) is 30.3 Å². The molecular formula is C26H25F4N2O+. The number of aromatic nitrogens is 1. The minimum atomic E-state index is -1.81. The van der Waals surface area contributed by atoms with Crippen molar-refractivity contribution >= 4 is 10.9 Å². The largest absolute Gasteiger partial charge is 0.382 e. The maximum atomic E-state index is 14.7. The van der Waals surface area contributed by atoms with Crippen LogP contribution in [-0.2, 0) is 6.54 Å². The molecule has 3 aliphatic heterocycles. The Hall–Kier alpha value is -2.77. The molecule has 0 saturated carbocycles. The van der Waals surface area contributed by atoms with E-state index in [1.165, 1.54) is 0 Å². The van der Waals surface area contributed by atoms with E-state index in [0.717, 1.165) is 29.0 Å². The molecule has 3 aromatic rings. The quantitative estimate of drug-likeness (QED) is 0.182. The standard InChI is InChI=1S/C26H25F4N2O/c1-2-15-13-32(14-17-11-20(27)24(29)25(30)23(17)28)10-8-16(15)12-22(32)26(33)19-7-9-31-21-6-4-3-5-18(19)21/h2-7,9,11,15-16,22,26,33H,1,8,10,12-14H2/q+1/t15-,16-,22-,26+,32-/m0/s1. The Labute approximate surface area is 189 Å². The normalized spacial score (nSPS) is 27.6. The van der Waals surface area contributed by atoms with Crippen LogP contribution in [0.15, 0.2) is 55.3 Å². The van der Waals surface area contributed by atoms with Crippen molar-refractivity contribution in [2.75, 3.05) is 13.1 Å². The van der Waals surface area contributed by atoms with E-state index < -0.39 is 29.4 Å². The van der Waals surface area contributed by atoms with Gasteiger partial charge in [0.05, 0.1) is 18.6 Å². The van der Waals surface area contributed by atoms with E-state index in [-0.39, 0.29) is 28.6 Å². The fraction of sp³-hybridized carbons (Fsp3) is 0.346. The van der Waals surface area contributed by atoms with Crippen LogP contribution < -0.4 is 0 Å². The average molecular weight is 457 g/mol. The molecule has 3 saturated heterocycles. The van der Waals surface area contributed by atoms with Gasteiger partial charge in [0, 0.05) is 35.9 Å². The second-order valence-electron chi connectivity index (χ2n) is 9.36. The lowest BCUT2D eigenvalue weighted by Gasteiger charge is -2.58. The highest BCUT2D eigenvalue weighted by molar-refractivity contribution is 5.82. The summed E-state index contributed by atoms with van der Waals surface area (Å²) in [6.45, 7) is 5.10. The number of hydrogen-bond donors (Lipinski definition) is 1. The van der Waals surface area contributed by atoms with E-state index in [4.69, 9.17) is 0 Å². The van der Waals surface area contributed by atoms with E-state index in [2.05, 4.69) is 11.6 Å². The second kappa shape index (κ2) is 8.22. The molecule has 0 amide bonds. The number of aliphatic hydroxyl groups is 1. The van der Waals surface area contributed by atoms with Crippen LogP contribution in [0.4, 0.5) is 17.6 Å². The molecule has 0 radical (unpaired) electrons. The third-order valence-electron chi connectivity index (χ3n) is 7.70. The van der Waals surface area contributed by atoms with Crippen molar-refractivity contribution in [2.45, 2.75) is 31.5 Å². The number of piperidine rings is 3. The van der Waals surface area contributed by atoms with Crippen molar-refractivity contribution in [3.05, 3.63) is 89.6 Å². The van der Waals surface area contributed by atoms with Gasteiger partial charge in [0.15, 0.2) is 23.3 Å². The molecule has 4 heterocycles. The van der Waals surface area contributed by atoms with Crippen molar-refractivity contribution in [1.29, 1.82) is 0 Å². The van der Waals surface area contributed by atoms with Gasteiger partial charge < -0.3 is 9.59 Å². The Morgan fingerprint density at radius 3 is 2.70 bits per heavy atom. The molecule has 1 N–H and O–H groups in total. The molecule has 2 aromatic carbocycles. The molecule has 0 unspecified atom stereocenters. The van der Waals surface area contributed by atoms with Crippen LogP contribution in [0.2, 0.25) is 0 Å². The number of rotatable bonds is 5. The molecule has 5 atom stereocenters. The molecule has 172 valence electrons. The Balaban J connectivity index is 1.59. The molecule has 3 fully saturated rings. The van der Waals surface area contributed by atoms with Crippen LogP contribution >= 0.6 is 0 Å². The Kier molecular flexibility index (Phi) is 5.49. The van der Waals surface area contributed by atoms with Gasteiger partial charge in [-0.15, -0.1) is 6.58 Å². The Morgan fingerprint density at radius 1 is 1.12 bits per heavy atom. The van der Waals surface area contributed by atoms with Crippen LogP contribution in [0.5, 0.6) is 0 Å². The van der Waals surface area contributed by atoms with Crippen LogP contribution in [0.1, 0.15) is 30.1 Å². The van der Waals surface area contributed by atoms with E-state index in [1.54, 1.807) is 12.3 Å². The lowest BCUT2D eigenvalue weighted by Crippen LogP contribution is -2.67. The summed E-state index contributed by atoms with van der Waals surface area (Å²) in [6.07, 6.45) is 4.15. The van der Waals surface area contributed by atoms with Gasteiger partial charge in [-0.1, -0.05) is 24.3 Å². The highest BCUT2D eigenvalue weighted by Gasteiger charge is 2.54. The number of benzene rings is 2. The zero-order valence-corrected chi connectivity index (χ0v) is 18.0. The smallest absolute Gasteiger partial charge is 0.197 e. The number of aliphatic hydroxyl groups excluding tert-OH is 1. The number of halogens is 4. The minimum absolute atomic E-state index is 0.0399. The summed E-state index contributed by atoms with van der Waals surface area (Å²) in [5, 5.41) is 12.5. The number of hydrogen-bond acceptors (Lipinski definition) is 2. The molecule has 33 heavy (non-hydrogen) atoms. The molecule has 3 nitrogen and oxygen atoms in total. The van der Waals surface area contributed by atoms with Crippen LogP contribution in [-0.4, -0.2) is 33.7 Å². The van der Waals surface area contributed by atoms with Gasteiger partial charge in [0.25, 0.3) is 0 Å². The first-order valence-corrected chi connectivity index (χ1v) is 11.2. The topological polar surface area (TPSA) is 33.1 Å². The number of para-hydroxylation sites is 1. The molecule has 0 aliphatic carbocycles. The molecule has 2 bridgehead atoms. The highest BCUT2D eigenvalue weighted by atomic mass is 19.2. The van der Waals surface area contributed by atoms with E-state index in [9.17, 15) is 22.7 Å². The van der Waals surface area contributed by atoms with E-state index >= 15 is 0 Å². The lowest BCUT2D eigenvalue weighted by molar-refractivity contribution is -0.985. The van der Waals surface area contributed by atoms with Gasteiger partial charge in [-0.2, -0.15) is 0 Å². The summed E-state index contributed by atoms with van der Waals surface area (Å²) < 4.78 is 56.5. The molecule has 1 aromatic heterocycles. The summed E-state index contributed by atoms with van der Waals surface area (Å²) in [5.41, 5.74) is 1.27. The summed E-state index contributed by atoms with van der Waals surface area (Å²) in [7, 11) is 0. The molecule has 7 heteroatoms. The van der Waals surface area contributed by atoms with Gasteiger partial charge >= 0.3 is 0 Å². The SMILES string of the molecule is C=C[C@H]1C[N@+]2(Cc3cc(F)c(F)c(F)c3F)CC[C@H]1C[C@H]2[C@H](O)c1ccnc2ccccc12. The molecule has 6 rings (SSSR count). The Morgan fingerprint density at radius 2 is 1.91 bits per heavy atom. The number of fused-ring (bicyclic) bond motifs is 4. The molecule has 0 spiro atoms. The highest BCUT2D eigenvalue weighted by Crippen LogP contribution is 2.48. The summed E-state index contributed by atoms with van der Waals surface area (Å²) in [6, 6.07) is 9.74. The van der Waals surface area contributed by atoms with Gasteiger partial charge in [-0.25, -0.2) is 17.6 Å². The molecular weight excluding hydrogens is 432 g/mol. The fourth-order valence-corrected chi connectivity index (χ4v) is 6.04. The number of nitrogens with zero attached hydrogens (tertiary/aromatic N) is 2. The van der Waals surface area contributed by atoms with Gasteiger partial charge in [0.1, 0.15) is 18.7 Å². The average Bonchev–Trinajstić information content (AvgIpc) is 2.85. The Bertz CT molecular complexity index is 1230. The summed E-state index contributed by atoms with van der Waals surface area (Å²) in [4.78, 5) is 4.37. The van der Waals surface area contributed by atoms with Gasteiger partial charge in [-0.3, -0.25) is 4.98 Å². The summed E-state index contributed by atoms with van der Waals surface area (Å²) >= 11 is 0.